The van der Waals surface area contributed by atoms with Gasteiger partial charge in [0.15, 0.2) is 11.5 Å². The lowest BCUT2D eigenvalue weighted by molar-refractivity contribution is -0.112. The van der Waals surface area contributed by atoms with Crippen LogP contribution < -0.4 is 14.8 Å². The minimum absolute atomic E-state index is 0.0898. The highest BCUT2D eigenvalue weighted by atomic mass is 79.9. The Labute approximate surface area is 189 Å². The van der Waals surface area contributed by atoms with E-state index in [0.717, 1.165) is 0 Å². The molecular weight excluding hydrogens is 464 g/mol. The Morgan fingerprint density at radius 2 is 1.74 bits per heavy atom. The van der Waals surface area contributed by atoms with Gasteiger partial charge in [-0.15, -0.1) is 0 Å². The minimum atomic E-state index is -0.575. The summed E-state index contributed by atoms with van der Waals surface area (Å²) in [6.07, 6.45) is 1.46. The van der Waals surface area contributed by atoms with Crippen LogP contribution in [-0.4, -0.2) is 31.7 Å². The highest BCUT2D eigenvalue weighted by Gasteiger charge is 2.14. The molecule has 0 radical (unpaired) electrons. The largest absolute Gasteiger partial charge is 0.490 e. The quantitative estimate of drug-likeness (QED) is 0.305. The van der Waals surface area contributed by atoms with E-state index in [0.29, 0.717) is 46.0 Å². The average molecular weight is 487 g/mol. The Kier molecular flexibility index (Phi) is 9.10. The summed E-state index contributed by atoms with van der Waals surface area (Å²) in [5.41, 5.74) is 1.33. The van der Waals surface area contributed by atoms with Crippen LogP contribution in [0.2, 0.25) is 0 Å². The molecule has 2 aromatic carbocycles. The van der Waals surface area contributed by atoms with E-state index >= 15 is 0 Å². The number of hydrogen-bond donors (Lipinski definition) is 1. The van der Waals surface area contributed by atoms with Crippen molar-refractivity contribution < 1.29 is 23.8 Å². The molecule has 0 saturated carbocycles. The standard InChI is InChI=1S/C23H23BrN2O5/c1-4-29-20-13-15(12-19(24)21(20)30-5-2)11-17(14-25)22(27)26-18-9-7-16(8-10-18)23(28)31-6-3/h7-13H,4-6H2,1-3H3,(H,26,27)/b17-11+. The van der Waals surface area contributed by atoms with Crippen LogP contribution in [0.4, 0.5) is 5.69 Å². The number of hydrogen-bond acceptors (Lipinski definition) is 6. The summed E-state index contributed by atoms with van der Waals surface area (Å²) >= 11 is 3.45. The monoisotopic (exact) mass is 486 g/mol. The van der Waals surface area contributed by atoms with Gasteiger partial charge in [0.2, 0.25) is 0 Å². The molecule has 0 bridgehead atoms. The summed E-state index contributed by atoms with van der Waals surface area (Å²) in [6.45, 7) is 6.63. The van der Waals surface area contributed by atoms with Crippen LogP contribution in [0, 0.1) is 11.3 Å². The Bertz CT molecular complexity index is 1010. The van der Waals surface area contributed by atoms with Gasteiger partial charge < -0.3 is 19.5 Å². The molecule has 162 valence electrons. The highest BCUT2D eigenvalue weighted by molar-refractivity contribution is 9.10. The third kappa shape index (κ3) is 6.59. The van der Waals surface area contributed by atoms with Crippen LogP contribution in [0.15, 0.2) is 46.4 Å². The Hall–Kier alpha value is -3.31. The number of halogens is 1. The van der Waals surface area contributed by atoms with Crippen molar-refractivity contribution in [3.05, 3.63) is 57.6 Å². The first-order valence-corrected chi connectivity index (χ1v) is 10.5. The number of esters is 1. The molecule has 0 atom stereocenters. The van der Waals surface area contributed by atoms with Crippen LogP contribution >= 0.6 is 15.9 Å². The number of ether oxygens (including phenoxy) is 3. The Balaban J connectivity index is 2.24. The zero-order valence-electron chi connectivity index (χ0n) is 17.5. The van der Waals surface area contributed by atoms with Gasteiger partial charge in [-0.1, -0.05) is 0 Å². The molecule has 31 heavy (non-hydrogen) atoms. The van der Waals surface area contributed by atoms with Crippen molar-refractivity contribution in [1.82, 2.24) is 0 Å². The van der Waals surface area contributed by atoms with E-state index in [1.165, 1.54) is 6.08 Å². The van der Waals surface area contributed by atoms with E-state index in [1.54, 1.807) is 43.3 Å². The summed E-state index contributed by atoms with van der Waals surface area (Å²) in [7, 11) is 0. The molecule has 7 nitrogen and oxygen atoms in total. The fourth-order valence-electron chi connectivity index (χ4n) is 2.64. The molecule has 1 N–H and O–H groups in total. The summed E-state index contributed by atoms with van der Waals surface area (Å²) in [5.74, 6) is 0.0573. The second-order valence-electron chi connectivity index (χ2n) is 6.12. The van der Waals surface area contributed by atoms with E-state index in [-0.39, 0.29) is 12.2 Å². The van der Waals surface area contributed by atoms with Gasteiger partial charge in [-0.05, 0) is 84.7 Å². The van der Waals surface area contributed by atoms with Gasteiger partial charge in [-0.25, -0.2) is 4.79 Å². The normalized spacial score (nSPS) is 10.7. The predicted octanol–water partition coefficient (Wildman–Crippen LogP) is 4.97. The van der Waals surface area contributed by atoms with E-state index in [9.17, 15) is 14.9 Å². The number of rotatable bonds is 9. The van der Waals surface area contributed by atoms with Gasteiger partial charge in [-0.2, -0.15) is 5.26 Å². The lowest BCUT2D eigenvalue weighted by atomic mass is 10.1. The maximum atomic E-state index is 12.6. The number of nitriles is 1. The maximum Gasteiger partial charge on any atom is 0.338 e. The molecule has 0 aliphatic rings. The van der Waals surface area contributed by atoms with E-state index < -0.39 is 11.9 Å². The molecule has 0 aliphatic carbocycles. The number of nitrogens with zero attached hydrogens (tertiary/aromatic N) is 1. The first-order valence-electron chi connectivity index (χ1n) is 9.72. The second kappa shape index (κ2) is 11.8. The lowest BCUT2D eigenvalue weighted by Gasteiger charge is -2.13. The second-order valence-corrected chi connectivity index (χ2v) is 6.97. The van der Waals surface area contributed by atoms with Crippen molar-refractivity contribution in [1.29, 1.82) is 5.26 Å². The first-order chi connectivity index (χ1) is 14.9. The molecule has 0 heterocycles. The van der Waals surface area contributed by atoms with Gasteiger partial charge in [0.05, 0.1) is 29.9 Å². The molecule has 0 fully saturated rings. The van der Waals surface area contributed by atoms with E-state index in [1.807, 2.05) is 19.9 Å². The van der Waals surface area contributed by atoms with Gasteiger partial charge >= 0.3 is 5.97 Å². The van der Waals surface area contributed by atoms with Crippen LogP contribution in [0.1, 0.15) is 36.7 Å². The Morgan fingerprint density at radius 1 is 1.06 bits per heavy atom. The van der Waals surface area contributed by atoms with Crippen LogP contribution in [-0.2, 0) is 9.53 Å². The number of carbonyl (C=O) groups excluding carboxylic acids is 2. The van der Waals surface area contributed by atoms with E-state index in [4.69, 9.17) is 14.2 Å². The smallest absolute Gasteiger partial charge is 0.338 e. The third-order valence-electron chi connectivity index (χ3n) is 3.95. The van der Waals surface area contributed by atoms with Crippen LogP contribution in [0.3, 0.4) is 0 Å². The van der Waals surface area contributed by atoms with Gasteiger partial charge in [0.1, 0.15) is 11.6 Å². The van der Waals surface area contributed by atoms with Crippen molar-refractivity contribution >= 4 is 39.6 Å². The topological polar surface area (TPSA) is 97.7 Å². The number of anilines is 1. The number of nitrogens with one attached hydrogen (secondary N) is 1. The lowest BCUT2D eigenvalue weighted by Crippen LogP contribution is -2.13. The van der Waals surface area contributed by atoms with Crippen molar-refractivity contribution in [2.24, 2.45) is 0 Å². The highest BCUT2D eigenvalue weighted by Crippen LogP contribution is 2.37. The molecule has 0 aliphatic heterocycles. The molecule has 8 heteroatoms. The number of amides is 1. The summed E-state index contributed by atoms with van der Waals surface area (Å²) in [4.78, 5) is 24.3. The third-order valence-corrected chi connectivity index (χ3v) is 4.54. The Morgan fingerprint density at radius 3 is 2.32 bits per heavy atom. The van der Waals surface area contributed by atoms with E-state index in [2.05, 4.69) is 21.2 Å². The fourth-order valence-corrected chi connectivity index (χ4v) is 3.21. The molecule has 0 spiro atoms. The van der Waals surface area contributed by atoms with Gasteiger partial charge in [0.25, 0.3) is 5.91 Å². The summed E-state index contributed by atoms with van der Waals surface area (Å²) in [6, 6.07) is 11.6. The molecule has 0 aromatic heterocycles. The molecular formula is C23H23BrN2O5. The van der Waals surface area contributed by atoms with Crippen molar-refractivity contribution in [2.75, 3.05) is 25.1 Å². The van der Waals surface area contributed by atoms with Crippen molar-refractivity contribution in [2.45, 2.75) is 20.8 Å². The number of carbonyl (C=O) groups is 2. The summed E-state index contributed by atoms with van der Waals surface area (Å²) < 4.78 is 16.8. The van der Waals surface area contributed by atoms with Crippen molar-refractivity contribution in [3.8, 4) is 17.6 Å². The maximum absolute atomic E-state index is 12.6. The van der Waals surface area contributed by atoms with Crippen LogP contribution in [0.25, 0.3) is 6.08 Å². The fraction of sp³-hybridized carbons (Fsp3) is 0.261. The minimum Gasteiger partial charge on any atom is -0.490 e. The predicted molar refractivity (Wildman–Crippen MR) is 121 cm³/mol. The average Bonchev–Trinajstić information content (AvgIpc) is 2.75. The van der Waals surface area contributed by atoms with Crippen LogP contribution in [0.5, 0.6) is 11.5 Å². The summed E-state index contributed by atoms with van der Waals surface area (Å²) in [5, 5.41) is 12.1. The SMILES string of the molecule is CCOC(=O)c1ccc(NC(=O)/C(C#N)=C/c2cc(Br)c(OCC)c(OCC)c2)cc1. The zero-order chi connectivity index (χ0) is 22.8. The molecule has 2 rings (SSSR count). The van der Waals surface area contributed by atoms with Gasteiger partial charge in [-0.3, -0.25) is 4.79 Å². The molecule has 2 aromatic rings. The van der Waals surface area contributed by atoms with Crippen molar-refractivity contribution in [3.63, 3.8) is 0 Å². The van der Waals surface area contributed by atoms with Gasteiger partial charge in [0, 0.05) is 5.69 Å². The number of benzene rings is 2. The molecule has 1 amide bonds. The molecule has 0 unspecified atom stereocenters. The zero-order valence-corrected chi connectivity index (χ0v) is 19.1. The first kappa shape index (κ1) is 24.0. The molecule has 0 saturated heterocycles.